The Morgan fingerprint density at radius 1 is 1.62 bits per heavy atom. The minimum Gasteiger partial charge on any atom is -0.376 e. The van der Waals surface area contributed by atoms with E-state index in [0.717, 1.165) is 32.7 Å². The van der Waals surface area contributed by atoms with E-state index < -0.39 is 0 Å². The van der Waals surface area contributed by atoms with Gasteiger partial charge in [-0.05, 0) is 24.1 Å². The largest absolute Gasteiger partial charge is 0.376 e. The summed E-state index contributed by atoms with van der Waals surface area (Å²) in [4.78, 5) is 6.39. The molecule has 16 heavy (non-hydrogen) atoms. The molecule has 0 aromatic carbocycles. The smallest absolute Gasteiger partial charge is 0.129 e. The lowest BCUT2D eigenvalue weighted by Gasteiger charge is -2.32. The molecule has 1 aliphatic rings. The Morgan fingerprint density at radius 3 is 3.25 bits per heavy atom. The van der Waals surface area contributed by atoms with Crippen LogP contribution in [0.5, 0.6) is 0 Å². The highest BCUT2D eigenvalue weighted by Gasteiger charge is 2.18. The zero-order chi connectivity index (χ0) is 11.4. The molecule has 1 atom stereocenters. The fourth-order valence-electron chi connectivity index (χ4n) is 1.97. The minimum atomic E-state index is 0.381. The molecule has 1 aromatic rings. The van der Waals surface area contributed by atoms with Crippen LogP contribution in [0.15, 0.2) is 18.3 Å². The molecule has 88 valence electrons. The lowest BCUT2D eigenvalue weighted by molar-refractivity contribution is -0.0324. The van der Waals surface area contributed by atoms with Gasteiger partial charge in [0.05, 0.1) is 12.7 Å². The lowest BCUT2D eigenvalue weighted by Crippen LogP contribution is -2.41. The van der Waals surface area contributed by atoms with E-state index in [1.807, 2.05) is 12.1 Å². The van der Waals surface area contributed by atoms with Gasteiger partial charge in [0.1, 0.15) is 5.15 Å². The van der Waals surface area contributed by atoms with Crippen LogP contribution < -0.4 is 0 Å². The van der Waals surface area contributed by atoms with Gasteiger partial charge in [-0.1, -0.05) is 18.5 Å². The number of rotatable bonds is 3. The van der Waals surface area contributed by atoms with Crippen molar-refractivity contribution in [3.63, 3.8) is 0 Å². The normalized spacial score (nSPS) is 22.2. The molecule has 0 saturated carbocycles. The van der Waals surface area contributed by atoms with Gasteiger partial charge in [-0.25, -0.2) is 4.98 Å². The maximum Gasteiger partial charge on any atom is 0.129 e. The topological polar surface area (TPSA) is 25.4 Å². The Kier molecular flexibility index (Phi) is 4.16. The number of pyridine rings is 1. The maximum atomic E-state index is 5.86. The van der Waals surface area contributed by atoms with Gasteiger partial charge in [0.15, 0.2) is 0 Å². The van der Waals surface area contributed by atoms with Crippen LogP contribution in [0.4, 0.5) is 0 Å². The molecule has 0 aliphatic carbocycles. The molecule has 0 bridgehead atoms. The highest BCUT2D eigenvalue weighted by atomic mass is 35.5. The van der Waals surface area contributed by atoms with E-state index in [-0.39, 0.29) is 0 Å². The number of nitrogens with zero attached hydrogens (tertiary/aromatic N) is 2. The number of morpholine rings is 1. The first kappa shape index (κ1) is 11.8. The van der Waals surface area contributed by atoms with Crippen LogP contribution in [0.2, 0.25) is 5.15 Å². The van der Waals surface area contributed by atoms with Gasteiger partial charge >= 0.3 is 0 Å². The van der Waals surface area contributed by atoms with Crippen LogP contribution in [-0.2, 0) is 11.3 Å². The monoisotopic (exact) mass is 240 g/mol. The second-order valence-corrected chi connectivity index (χ2v) is 4.51. The molecule has 1 aromatic heterocycles. The number of halogens is 1. The standard InChI is InChI=1S/C12H17ClN2O/c1-2-11-9-15(5-6-16-11)8-10-3-4-14-12(13)7-10/h3-4,7,11H,2,5-6,8-9H2,1H3. The summed E-state index contributed by atoms with van der Waals surface area (Å²) in [6.07, 6.45) is 3.22. The summed E-state index contributed by atoms with van der Waals surface area (Å²) in [5.41, 5.74) is 1.22. The number of ether oxygens (including phenoxy) is 1. The first-order chi connectivity index (χ1) is 7.78. The van der Waals surface area contributed by atoms with Crippen LogP contribution >= 0.6 is 11.6 Å². The van der Waals surface area contributed by atoms with Crippen molar-refractivity contribution in [1.82, 2.24) is 9.88 Å². The van der Waals surface area contributed by atoms with Gasteiger partial charge in [0, 0.05) is 25.8 Å². The van der Waals surface area contributed by atoms with Crippen molar-refractivity contribution >= 4 is 11.6 Å². The molecule has 2 rings (SSSR count). The van der Waals surface area contributed by atoms with E-state index in [0.29, 0.717) is 11.3 Å². The average Bonchev–Trinajstić information content (AvgIpc) is 2.29. The third-order valence-electron chi connectivity index (χ3n) is 2.88. The first-order valence-corrected chi connectivity index (χ1v) is 6.10. The molecule has 0 amide bonds. The maximum absolute atomic E-state index is 5.86. The van der Waals surface area contributed by atoms with E-state index in [1.54, 1.807) is 6.20 Å². The van der Waals surface area contributed by atoms with Gasteiger partial charge < -0.3 is 4.74 Å². The Bertz CT molecular complexity index is 346. The third kappa shape index (κ3) is 3.17. The Balaban J connectivity index is 1.94. The van der Waals surface area contributed by atoms with Crippen molar-refractivity contribution < 1.29 is 4.74 Å². The minimum absolute atomic E-state index is 0.381. The summed E-state index contributed by atoms with van der Waals surface area (Å²) in [6.45, 7) is 5.93. The number of hydrogen-bond donors (Lipinski definition) is 0. The summed E-state index contributed by atoms with van der Waals surface area (Å²) in [7, 11) is 0. The predicted molar refractivity (Wildman–Crippen MR) is 64.6 cm³/mol. The number of hydrogen-bond acceptors (Lipinski definition) is 3. The lowest BCUT2D eigenvalue weighted by atomic mass is 10.2. The highest BCUT2D eigenvalue weighted by Crippen LogP contribution is 2.13. The SMILES string of the molecule is CCC1CN(Cc2ccnc(Cl)c2)CCO1. The molecule has 2 heterocycles. The van der Waals surface area contributed by atoms with E-state index in [9.17, 15) is 0 Å². The summed E-state index contributed by atoms with van der Waals surface area (Å²) in [6, 6.07) is 3.94. The van der Waals surface area contributed by atoms with Crippen LogP contribution in [-0.4, -0.2) is 35.7 Å². The van der Waals surface area contributed by atoms with Crippen LogP contribution in [0.25, 0.3) is 0 Å². The average molecular weight is 241 g/mol. The molecule has 4 heteroatoms. The Labute approximate surface area is 101 Å². The summed E-state index contributed by atoms with van der Waals surface area (Å²) in [5.74, 6) is 0. The zero-order valence-electron chi connectivity index (χ0n) is 9.53. The molecular formula is C12H17ClN2O. The van der Waals surface area contributed by atoms with E-state index in [2.05, 4.69) is 16.8 Å². The quantitative estimate of drug-likeness (QED) is 0.759. The summed E-state index contributed by atoms with van der Waals surface area (Å²) >= 11 is 5.86. The predicted octanol–water partition coefficient (Wildman–Crippen LogP) is 2.35. The molecule has 1 fully saturated rings. The van der Waals surface area contributed by atoms with Crippen molar-refractivity contribution in [1.29, 1.82) is 0 Å². The fraction of sp³-hybridized carbons (Fsp3) is 0.583. The fourth-order valence-corrected chi connectivity index (χ4v) is 2.17. The van der Waals surface area contributed by atoms with Crippen molar-refractivity contribution in [2.24, 2.45) is 0 Å². The molecule has 0 radical (unpaired) electrons. The summed E-state index contributed by atoms with van der Waals surface area (Å²) < 4.78 is 5.64. The van der Waals surface area contributed by atoms with Gasteiger partial charge in [-0.15, -0.1) is 0 Å². The molecular weight excluding hydrogens is 224 g/mol. The first-order valence-electron chi connectivity index (χ1n) is 5.72. The van der Waals surface area contributed by atoms with E-state index in [1.165, 1.54) is 5.56 Å². The molecule has 0 spiro atoms. The Hall–Kier alpha value is -0.640. The third-order valence-corrected chi connectivity index (χ3v) is 3.08. The summed E-state index contributed by atoms with van der Waals surface area (Å²) in [5, 5.41) is 0.567. The van der Waals surface area contributed by atoms with Gasteiger partial charge in [0.25, 0.3) is 0 Å². The van der Waals surface area contributed by atoms with E-state index >= 15 is 0 Å². The zero-order valence-corrected chi connectivity index (χ0v) is 10.3. The van der Waals surface area contributed by atoms with Crippen molar-refractivity contribution in [3.05, 3.63) is 29.0 Å². The van der Waals surface area contributed by atoms with Crippen molar-refractivity contribution in [3.8, 4) is 0 Å². The highest BCUT2D eigenvalue weighted by molar-refractivity contribution is 6.29. The van der Waals surface area contributed by atoms with Gasteiger partial charge in [0.2, 0.25) is 0 Å². The molecule has 1 aliphatic heterocycles. The second-order valence-electron chi connectivity index (χ2n) is 4.12. The second kappa shape index (κ2) is 5.62. The van der Waals surface area contributed by atoms with Crippen LogP contribution in [0.1, 0.15) is 18.9 Å². The molecule has 1 saturated heterocycles. The van der Waals surface area contributed by atoms with Crippen molar-refractivity contribution in [2.75, 3.05) is 19.7 Å². The molecule has 0 N–H and O–H groups in total. The van der Waals surface area contributed by atoms with Gasteiger partial charge in [-0.3, -0.25) is 4.90 Å². The van der Waals surface area contributed by atoms with Crippen LogP contribution in [0, 0.1) is 0 Å². The van der Waals surface area contributed by atoms with Crippen LogP contribution in [0.3, 0.4) is 0 Å². The van der Waals surface area contributed by atoms with E-state index in [4.69, 9.17) is 16.3 Å². The van der Waals surface area contributed by atoms with Crippen molar-refractivity contribution in [2.45, 2.75) is 26.0 Å². The van der Waals surface area contributed by atoms with Gasteiger partial charge in [-0.2, -0.15) is 0 Å². The molecule has 3 nitrogen and oxygen atoms in total. The molecule has 1 unspecified atom stereocenters. The number of aromatic nitrogens is 1. The Morgan fingerprint density at radius 2 is 2.50 bits per heavy atom.